The zero-order chi connectivity index (χ0) is 9.84. The third kappa shape index (κ3) is 3.69. The molecule has 0 radical (unpaired) electrons. The summed E-state index contributed by atoms with van der Waals surface area (Å²) < 4.78 is 4.24. The van der Waals surface area contributed by atoms with Crippen LogP contribution in [0.25, 0.3) is 0 Å². The largest absolute Gasteiger partial charge is 0.358 e. The minimum absolute atomic E-state index is 0.417. The molecule has 1 N–H and O–H groups in total. The lowest BCUT2D eigenvalue weighted by molar-refractivity contribution is 0.393. The van der Waals surface area contributed by atoms with Gasteiger partial charge < -0.3 is 10.2 Å². The Morgan fingerprint density at radius 1 is 1.46 bits per heavy atom. The smallest absolute Gasteiger partial charge is 0.202 e. The Hall–Kier alpha value is -0.680. The van der Waals surface area contributed by atoms with Crippen molar-refractivity contribution in [2.75, 3.05) is 19.4 Å². The van der Waals surface area contributed by atoms with Crippen LogP contribution in [0.1, 0.15) is 19.7 Å². The monoisotopic (exact) mass is 200 g/mol. The fraction of sp³-hybridized carbons (Fsp3) is 0.750. The Kier molecular flexibility index (Phi) is 3.62. The van der Waals surface area contributed by atoms with E-state index in [1.54, 1.807) is 0 Å². The van der Waals surface area contributed by atoms with Gasteiger partial charge >= 0.3 is 0 Å². The topological polar surface area (TPSA) is 41.1 Å². The summed E-state index contributed by atoms with van der Waals surface area (Å²) in [6.07, 6.45) is 0. The van der Waals surface area contributed by atoms with Crippen molar-refractivity contribution in [3.63, 3.8) is 0 Å². The van der Waals surface area contributed by atoms with Crippen molar-refractivity contribution in [1.29, 1.82) is 0 Å². The van der Waals surface area contributed by atoms with Crippen molar-refractivity contribution >= 4 is 16.7 Å². The van der Waals surface area contributed by atoms with Gasteiger partial charge in [0.15, 0.2) is 5.82 Å². The van der Waals surface area contributed by atoms with Crippen LogP contribution in [0.2, 0.25) is 0 Å². The molecular weight excluding hydrogens is 184 g/mol. The summed E-state index contributed by atoms with van der Waals surface area (Å²) in [6, 6.07) is 0.417. The van der Waals surface area contributed by atoms with E-state index in [1.165, 1.54) is 11.5 Å². The predicted octanol–water partition coefficient (Wildman–Crippen LogP) is 1.42. The summed E-state index contributed by atoms with van der Waals surface area (Å²) in [6.45, 7) is 4.98. The van der Waals surface area contributed by atoms with E-state index in [9.17, 15) is 0 Å². The fourth-order valence-corrected chi connectivity index (χ4v) is 1.63. The van der Waals surface area contributed by atoms with Gasteiger partial charge in [0.1, 0.15) is 0 Å². The molecule has 0 amide bonds. The molecule has 0 aliphatic rings. The molecule has 0 aliphatic carbocycles. The predicted molar refractivity (Wildman–Crippen MR) is 56.1 cm³/mol. The van der Waals surface area contributed by atoms with E-state index in [0.717, 1.165) is 17.5 Å². The summed E-state index contributed by atoms with van der Waals surface area (Å²) in [5.41, 5.74) is 0. The summed E-state index contributed by atoms with van der Waals surface area (Å²) in [5.74, 6) is 0.887. The third-order valence-corrected chi connectivity index (χ3v) is 2.02. The zero-order valence-electron chi connectivity index (χ0n) is 8.53. The average molecular weight is 200 g/mol. The van der Waals surface area contributed by atoms with E-state index in [0.29, 0.717) is 6.04 Å². The van der Waals surface area contributed by atoms with Gasteiger partial charge in [0.05, 0.1) is 6.54 Å². The van der Waals surface area contributed by atoms with Gasteiger partial charge in [-0.2, -0.15) is 4.37 Å². The molecule has 4 nitrogen and oxygen atoms in total. The van der Waals surface area contributed by atoms with Gasteiger partial charge in [-0.15, -0.1) is 0 Å². The minimum Gasteiger partial charge on any atom is -0.358 e. The van der Waals surface area contributed by atoms with Crippen LogP contribution in [0, 0.1) is 0 Å². The van der Waals surface area contributed by atoms with Crippen molar-refractivity contribution < 1.29 is 0 Å². The van der Waals surface area contributed by atoms with E-state index in [-0.39, 0.29) is 0 Å². The Labute approximate surface area is 83.2 Å². The van der Waals surface area contributed by atoms with E-state index in [1.807, 2.05) is 14.1 Å². The van der Waals surface area contributed by atoms with Crippen molar-refractivity contribution in [2.24, 2.45) is 0 Å². The first-order valence-corrected chi connectivity index (χ1v) is 5.09. The van der Waals surface area contributed by atoms with Gasteiger partial charge in [-0.3, -0.25) is 0 Å². The van der Waals surface area contributed by atoms with Crippen molar-refractivity contribution in [1.82, 2.24) is 14.3 Å². The Balaban J connectivity index is 2.53. The molecule has 1 rings (SSSR count). The van der Waals surface area contributed by atoms with Crippen molar-refractivity contribution in [3.8, 4) is 0 Å². The van der Waals surface area contributed by atoms with Crippen molar-refractivity contribution in [2.45, 2.75) is 26.4 Å². The minimum atomic E-state index is 0.417. The lowest BCUT2D eigenvalue weighted by atomic mass is 10.4. The second kappa shape index (κ2) is 4.53. The van der Waals surface area contributed by atoms with Crippen LogP contribution in [-0.4, -0.2) is 34.4 Å². The molecule has 0 fully saturated rings. The highest BCUT2D eigenvalue weighted by Crippen LogP contribution is 2.12. The Morgan fingerprint density at radius 2 is 2.15 bits per heavy atom. The first kappa shape index (κ1) is 10.4. The number of nitrogens with zero attached hydrogens (tertiary/aromatic N) is 3. The molecule has 0 unspecified atom stereocenters. The lowest BCUT2D eigenvalue weighted by Gasteiger charge is -2.05. The Bertz CT molecular complexity index is 232. The molecular formula is C8H16N4S. The zero-order valence-corrected chi connectivity index (χ0v) is 9.35. The number of hydrogen-bond donors (Lipinski definition) is 1. The molecule has 0 aromatic carbocycles. The first-order valence-electron chi connectivity index (χ1n) is 4.32. The van der Waals surface area contributed by atoms with Crippen LogP contribution >= 0.6 is 11.5 Å². The number of nitrogens with one attached hydrogen (secondary N) is 1. The molecule has 0 atom stereocenters. The maximum Gasteiger partial charge on any atom is 0.202 e. The van der Waals surface area contributed by atoms with Crippen LogP contribution in [0.4, 0.5) is 5.13 Å². The maximum atomic E-state index is 4.35. The molecule has 0 spiro atoms. The number of rotatable bonds is 4. The highest BCUT2D eigenvalue weighted by atomic mass is 32.1. The molecule has 0 bridgehead atoms. The summed E-state index contributed by atoms with van der Waals surface area (Å²) >= 11 is 1.42. The second-order valence-corrected chi connectivity index (χ2v) is 4.30. The standard InChI is InChI=1S/C8H16N4S/c1-6(2)9-8-10-7(11-13-8)5-12(3)4/h6H,5H2,1-4H3,(H,9,10,11). The highest BCUT2D eigenvalue weighted by Gasteiger charge is 2.04. The van der Waals surface area contributed by atoms with Gasteiger partial charge in [-0.25, -0.2) is 4.98 Å². The SMILES string of the molecule is CC(C)Nc1nc(CN(C)C)ns1. The quantitative estimate of drug-likeness (QED) is 0.798. The maximum absolute atomic E-state index is 4.35. The molecule has 5 heteroatoms. The number of aromatic nitrogens is 2. The van der Waals surface area contributed by atoms with Crippen LogP contribution in [0.3, 0.4) is 0 Å². The lowest BCUT2D eigenvalue weighted by Crippen LogP contribution is -2.12. The number of anilines is 1. The van der Waals surface area contributed by atoms with Crippen LogP contribution in [-0.2, 0) is 6.54 Å². The molecule has 74 valence electrons. The molecule has 1 heterocycles. The molecule has 1 aromatic heterocycles. The summed E-state index contributed by atoms with van der Waals surface area (Å²) in [7, 11) is 4.02. The third-order valence-electron chi connectivity index (χ3n) is 1.34. The van der Waals surface area contributed by atoms with Gasteiger partial charge in [0, 0.05) is 17.6 Å². The molecule has 0 saturated heterocycles. The van der Waals surface area contributed by atoms with E-state index >= 15 is 0 Å². The van der Waals surface area contributed by atoms with E-state index in [2.05, 4.69) is 33.4 Å². The number of hydrogen-bond acceptors (Lipinski definition) is 5. The van der Waals surface area contributed by atoms with Gasteiger partial charge in [0.25, 0.3) is 0 Å². The van der Waals surface area contributed by atoms with Gasteiger partial charge in [-0.05, 0) is 27.9 Å². The van der Waals surface area contributed by atoms with Crippen LogP contribution < -0.4 is 5.32 Å². The van der Waals surface area contributed by atoms with Gasteiger partial charge in [-0.1, -0.05) is 0 Å². The van der Waals surface area contributed by atoms with Crippen molar-refractivity contribution in [3.05, 3.63) is 5.82 Å². The normalized spacial score (nSPS) is 11.2. The molecule has 0 aliphatic heterocycles. The molecule has 1 aromatic rings. The fourth-order valence-electron chi connectivity index (χ4n) is 0.907. The Morgan fingerprint density at radius 3 is 2.69 bits per heavy atom. The second-order valence-electron chi connectivity index (χ2n) is 3.55. The van der Waals surface area contributed by atoms with Crippen LogP contribution in [0.5, 0.6) is 0 Å². The van der Waals surface area contributed by atoms with E-state index < -0.39 is 0 Å². The first-order chi connectivity index (χ1) is 6.08. The van der Waals surface area contributed by atoms with Crippen LogP contribution in [0.15, 0.2) is 0 Å². The molecule has 0 saturated carbocycles. The average Bonchev–Trinajstić information content (AvgIpc) is 2.33. The van der Waals surface area contributed by atoms with Gasteiger partial charge in [0.2, 0.25) is 5.13 Å². The molecule has 13 heavy (non-hydrogen) atoms. The van der Waals surface area contributed by atoms with E-state index in [4.69, 9.17) is 0 Å². The summed E-state index contributed by atoms with van der Waals surface area (Å²) in [5, 5.41) is 4.13. The summed E-state index contributed by atoms with van der Waals surface area (Å²) in [4.78, 5) is 6.40. The highest BCUT2D eigenvalue weighted by molar-refractivity contribution is 7.09.